The van der Waals surface area contributed by atoms with E-state index < -0.39 is 11.6 Å². The van der Waals surface area contributed by atoms with E-state index in [1.165, 1.54) is 11.3 Å². The first kappa shape index (κ1) is 15.3. The standard InChI is InChI=1S/C15H22O4S/c1-6-9-7-10(12(20-9)13(16)17)18-11-8-14(2,3)19-15(11,4)5/h7,11H,6,8H2,1-5H3,(H,16,17). The molecule has 0 aliphatic carbocycles. The summed E-state index contributed by atoms with van der Waals surface area (Å²) in [6.07, 6.45) is 1.41. The summed E-state index contributed by atoms with van der Waals surface area (Å²) < 4.78 is 12.0. The highest BCUT2D eigenvalue weighted by Gasteiger charge is 2.47. The summed E-state index contributed by atoms with van der Waals surface area (Å²) >= 11 is 1.29. The SMILES string of the molecule is CCc1cc(OC2CC(C)(C)OC2(C)C)c(C(=O)O)s1. The number of hydrogen-bond donors (Lipinski definition) is 1. The zero-order chi connectivity index (χ0) is 15.1. The molecule has 0 spiro atoms. The van der Waals surface area contributed by atoms with E-state index in [1.54, 1.807) is 0 Å². The summed E-state index contributed by atoms with van der Waals surface area (Å²) in [5.74, 6) is -0.459. The molecular weight excluding hydrogens is 276 g/mol. The van der Waals surface area contributed by atoms with Crippen LogP contribution < -0.4 is 4.74 Å². The number of carboxylic acids is 1. The zero-order valence-electron chi connectivity index (χ0n) is 12.6. The van der Waals surface area contributed by atoms with Gasteiger partial charge in [-0.2, -0.15) is 0 Å². The van der Waals surface area contributed by atoms with E-state index in [1.807, 2.05) is 40.7 Å². The smallest absolute Gasteiger partial charge is 0.349 e. The van der Waals surface area contributed by atoms with Gasteiger partial charge in [-0.25, -0.2) is 4.79 Å². The van der Waals surface area contributed by atoms with Crippen LogP contribution in [0.1, 0.15) is 55.6 Å². The summed E-state index contributed by atoms with van der Waals surface area (Å²) in [6, 6.07) is 1.84. The molecule has 0 saturated carbocycles. The van der Waals surface area contributed by atoms with E-state index in [9.17, 15) is 9.90 Å². The van der Waals surface area contributed by atoms with Crippen LogP contribution in [0.4, 0.5) is 0 Å². The topological polar surface area (TPSA) is 55.8 Å². The van der Waals surface area contributed by atoms with Crippen LogP contribution in [-0.4, -0.2) is 28.4 Å². The molecule has 1 aromatic rings. The van der Waals surface area contributed by atoms with Gasteiger partial charge in [-0.05, 0) is 40.2 Å². The van der Waals surface area contributed by atoms with E-state index in [-0.39, 0.29) is 16.6 Å². The predicted octanol–water partition coefficient (Wildman–Crippen LogP) is 3.73. The zero-order valence-corrected chi connectivity index (χ0v) is 13.5. The van der Waals surface area contributed by atoms with Gasteiger partial charge in [0, 0.05) is 11.3 Å². The number of rotatable bonds is 4. The van der Waals surface area contributed by atoms with E-state index in [4.69, 9.17) is 9.47 Å². The molecule has 20 heavy (non-hydrogen) atoms. The van der Waals surface area contributed by atoms with Crippen LogP contribution in [0.15, 0.2) is 6.07 Å². The molecule has 1 N–H and O–H groups in total. The third-order valence-electron chi connectivity index (χ3n) is 3.55. The molecule has 5 heteroatoms. The molecule has 1 saturated heterocycles. The highest BCUT2D eigenvalue weighted by atomic mass is 32.1. The number of aryl methyl sites for hydroxylation is 1. The van der Waals surface area contributed by atoms with Crippen molar-refractivity contribution in [3.05, 3.63) is 15.8 Å². The van der Waals surface area contributed by atoms with Gasteiger partial charge in [0.15, 0.2) is 4.88 Å². The Hall–Kier alpha value is -1.07. The number of hydrogen-bond acceptors (Lipinski definition) is 4. The molecule has 1 aliphatic heterocycles. The Kier molecular flexibility index (Phi) is 3.86. The quantitative estimate of drug-likeness (QED) is 0.920. The van der Waals surface area contributed by atoms with E-state index in [2.05, 4.69) is 0 Å². The molecule has 4 nitrogen and oxygen atoms in total. The largest absolute Gasteiger partial charge is 0.486 e. The molecule has 0 aromatic carbocycles. The molecule has 2 heterocycles. The minimum absolute atomic E-state index is 0.144. The van der Waals surface area contributed by atoms with Gasteiger partial charge in [0.05, 0.1) is 5.60 Å². The fourth-order valence-electron chi connectivity index (χ4n) is 2.68. The molecule has 0 amide bonds. The van der Waals surface area contributed by atoms with Crippen molar-refractivity contribution in [3.8, 4) is 5.75 Å². The summed E-state index contributed by atoms with van der Waals surface area (Å²) in [5.41, 5.74) is -0.672. The van der Waals surface area contributed by atoms with Crippen molar-refractivity contribution in [2.24, 2.45) is 0 Å². The van der Waals surface area contributed by atoms with Crippen LogP contribution in [0, 0.1) is 0 Å². The van der Waals surface area contributed by atoms with Crippen molar-refractivity contribution >= 4 is 17.3 Å². The van der Waals surface area contributed by atoms with Crippen LogP contribution in [0.2, 0.25) is 0 Å². The molecular formula is C15H22O4S. The molecule has 1 atom stereocenters. The van der Waals surface area contributed by atoms with Crippen molar-refractivity contribution < 1.29 is 19.4 Å². The average molecular weight is 298 g/mol. The van der Waals surface area contributed by atoms with Gasteiger partial charge in [-0.15, -0.1) is 11.3 Å². The fourth-order valence-corrected chi connectivity index (χ4v) is 3.55. The Morgan fingerprint density at radius 3 is 2.60 bits per heavy atom. The summed E-state index contributed by atoms with van der Waals surface area (Å²) in [6.45, 7) is 10.0. The first-order valence-electron chi connectivity index (χ1n) is 6.87. The Morgan fingerprint density at radius 2 is 2.15 bits per heavy atom. The molecule has 1 aliphatic rings. The van der Waals surface area contributed by atoms with Gasteiger partial charge >= 0.3 is 5.97 Å². The lowest BCUT2D eigenvalue weighted by Gasteiger charge is -2.27. The van der Waals surface area contributed by atoms with Crippen LogP contribution in [0.5, 0.6) is 5.75 Å². The maximum Gasteiger partial charge on any atom is 0.349 e. The van der Waals surface area contributed by atoms with Gasteiger partial charge in [0.25, 0.3) is 0 Å². The minimum Gasteiger partial charge on any atom is -0.486 e. The van der Waals surface area contributed by atoms with E-state index in [0.717, 1.165) is 17.7 Å². The summed E-state index contributed by atoms with van der Waals surface area (Å²) in [5, 5.41) is 9.28. The second-order valence-electron chi connectivity index (χ2n) is 6.34. The number of ether oxygens (including phenoxy) is 2. The van der Waals surface area contributed by atoms with Gasteiger partial charge in [0.2, 0.25) is 0 Å². The highest BCUT2D eigenvalue weighted by Crippen LogP contribution is 2.41. The van der Waals surface area contributed by atoms with Crippen molar-refractivity contribution in [1.82, 2.24) is 0 Å². The third kappa shape index (κ3) is 2.99. The van der Waals surface area contributed by atoms with Crippen molar-refractivity contribution in [1.29, 1.82) is 0 Å². The van der Waals surface area contributed by atoms with Crippen LogP contribution >= 0.6 is 11.3 Å². The first-order valence-corrected chi connectivity index (χ1v) is 7.69. The van der Waals surface area contributed by atoms with Crippen LogP contribution in [0.25, 0.3) is 0 Å². The minimum atomic E-state index is -0.930. The molecule has 1 unspecified atom stereocenters. The van der Waals surface area contributed by atoms with Crippen molar-refractivity contribution in [3.63, 3.8) is 0 Å². The Labute approximate surface area is 123 Å². The van der Waals surface area contributed by atoms with E-state index >= 15 is 0 Å². The lowest BCUT2D eigenvalue weighted by atomic mass is 9.97. The molecule has 1 fully saturated rings. The number of carbonyl (C=O) groups is 1. The van der Waals surface area contributed by atoms with E-state index in [0.29, 0.717) is 5.75 Å². The van der Waals surface area contributed by atoms with Gasteiger partial charge in [-0.1, -0.05) is 6.92 Å². The second kappa shape index (κ2) is 5.04. The third-order valence-corrected chi connectivity index (χ3v) is 4.80. The maximum atomic E-state index is 11.3. The Morgan fingerprint density at radius 1 is 1.50 bits per heavy atom. The molecule has 0 bridgehead atoms. The highest BCUT2D eigenvalue weighted by molar-refractivity contribution is 7.14. The predicted molar refractivity (Wildman–Crippen MR) is 78.9 cm³/mol. The molecule has 1 aromatic heterocycles. The van der Waals surface area contributed by atoms with Crippen LogP contribution in [-0.2, 0) is 11.2 Å². The van der Waals surface area contributed by atoms with Crippen molar-refractivity contribution in [2.75, 3.05) is 0 Å². The average Bonchev–Trinajstić information content (AvgIpc) is 2.77. The number of thiophene rings is 1. The number of carboxylic acid groups (broad SMARTS) is 1. The Balaban J connectivity index is 2.26. The van der Waals surface area contributed by atoms with Gasteiger partial charge < -0.3 is 14.6 Å². The molecule has 0 radical (unpaired) electrons. The lowest BCUT2D eigenvalue weighted by Crippen LogP contribution is -2.36. The summed E-state index contributed by atoms with van der Waals surface area (Å²) in [4.78, 5) is 12.6. The first-order chi connectivity index (χ1) is 9.14. The normalized spacial score (nSPS) is 23.8. The number of aromatic carboxylic acids is 1. The molecule has 112 valence electrons. The Bertz CT molecular complexity index is 516. The van der Waals surface area contributed by atoms with Gasteiger partial charge in [-0.3, -0.25) is 0 Å². The fraction of sp³-hybridized carbons (Fsp3) is 0.667. The summed E-state index contributed by atoms with van der Waals surface area (Å²) in [7, 11) is 0. The monoisotopic (exact) mass is 298 g/mol. The molecule has 2 rings (SSSR count). The van der Waals surface area contributed by atoms with Crippen LogP contribution in [0.3, 0.4) is 0 Å². The van der Waals surface area contributed by atoms with Crippen molar-refractivity contribution in [2.45, 2.75) is 64.8 Å². The lowest BCUT2D eigenvalue weighted by molar-refractivity contribution is -0.0846. The maximum absolute atomic E-state index is 11.3. The second-order valence-corrected chi connectivity index (χ2v) is 7.48. The van der Waals surface area contributed by atoms with Gasteiger partial charge in [0.1, 0.15) is 17.5 Å².